The molecule has 20 heavy (non-hydrogen) atoms. The van der Waals surface area contributed by atoms with Crippen molar-refractivity contribution in [3.63, 3.8) is 0 Å². The highest BCUT2D eigenvalue weighted by atomic mass is 16.5. The quantitative estimate of drug-likeness (QED) is 0.822. The molecule has 0 saturated carbocycles. The summed E-state index contributed by atoms with van der Waals surface area (Å²) >= 11 is 0. The van der Waals surface area contributed by atoms with Crippen molar-refractivity contribution in [1.29, 1.82) is 0 Å². The molecule has 0 radical (unpaired) electrons. The first-order valence-electron chi connectivity index (χ1n) is 7.17. The van der Waals surface area contributed by atoms with Gasteiger partial charge in [0, 0.05) is 31.9 Å². The fourth-order valence-corrected chi connectivity index (χ4v) is 2.34. The zero-order valence-corrected chi connectivity index (χ0v) is 12.0. The smallest absolute Gasteiger partial charge is 0.260 e. The van der Waals surface area contributed by atoms with Gasteiger partial charge in [-0.05, 0) is 37.2 Å². The molecule has 2 rings (SSSR count). The van der Waals surface area contributed by atoms with Crippen LogP contribution < -0.4 is 10.5 Å². The van der Waals surface area contributed by atoms with Crippen molar-refractivity contribution >= 4 is 11.6 Å². The molecule has 2 N–H and O–H groups in total. The van der Waals surface area contributed by atoms with E-state index in [9.17, 15) is 4.79 Å². The summed E-state index contributed by atoms with van der Waals surface area (Å²) in [7, 11) is 0. The van der Waals surface area contributed by atoms with Crippen molar-refractivity contribution in [2.24, 2.45) is 0 Å². The zero-order valence-electron chi connectivity index (χ0n) is 12.0. The summed E-state index contributed by atoms with van der Waals surface area (Å²) in [5, 5.41) is 0. The molecule has 0 aliphatic carbocycles. The van der Waals surface area contributed by atoms with Gasteiger partial charge in [-0.15, -0.1) is 0 Å². The van der Waals surface area contributed by atoms with Gasteiger partial charge < -0.3 is 15.4 Å². The SMILES string of the molecule is CCCN1CCN(C(=O)COc2ccc(N)cc2)CC1. The van der Waals surface area contributed by atoms with Crippen molar-refractivity contribution in [3.05, 3.63) is 24.3 Å². The average molecular weight is 277 g/mol. The molecule has 1 aliphatic rings. The van der Waals surface area contributed by atoms with Crippen LogP contribution in [0.3, 0.4) is 0 Å². The molecule has 1 fully saturated rings. The Hall–Kier alpha value is -1.75. The monoisotopic (exact) mass is 277 g/mol. The Morgan fingerprint density at radius 1 is 1.20 bits per heavy atom. The lowest BCUT2D eigenvalue weighted by atomic mass is 10.3. The Morgan fingerprint density at radius 3 is 2.45 bits per heavy atom. The summed E-state index contributed by atoms with van der Waals surface area (Å²) in [4.78, 5) is 16.3. The highest BCUT2D eigenvalue weighted by Crippen LogP contribution is 2.13. The Kier molecular flexibility index (Phi) is 5.24. The number of ether oxygens (including phenoxy) is 1. The van der Waals surface area contributed by atoms with E-state index in [-0.39, 0.29) is 12.5 Å². The number of hydrogen-bond donors (Lipinski definition) is 1. The summed E-state index contributed by atoms with van der Waals surface area (Å²) in [6.07, 6.45) is 1.16. The van der Waals surface area contributed by atoms with Crippen molar-refractivity contribution in [1.82, 2.24) is 9.80 Å². The topological polar surface area (TPSA) is 58.8 Å². The number of nitrogens with zero attached hydrogens (tertiary/aromatic N) is 2. The van der Waals surface area contributed by atoms with Gasteiger partial charge in [-0.25, -0.2) is 0 Å². The predicted octanol–water partition coefficient (Wildman–Crippen LogP) is 1.20. The number of carbonyl (C=O) groups excluding carboxylic acids is 1. The van der Waals surface area contributed by atoms with Crippen LogP contribution in [0.1, 0.15) is 13.3 Å². The summed E-state index contributed by atoms with van der Waals surface area (Å²) in [6.45, 7) is 6.90. The molecule has 110 valence electrons. The molecular weight excluding hydrogens is 254 g/mol. The van der Waals surface area contributed by atoms with Crippen LogP contribution in [-0.2, 0) is 4.79 Å². The van der Waals surface area contributed by atoms with Crippen molar-refractivity contribution in [2.45, 2.75) is 13.3 Å². The number of hydrogen-bond acceptors (Lipinski definition) is 4. The van der Waals surface area contributed by atoms with Gasteiger partial charge in [0.2, 0.25) is 0 Å². The Balaban J connectivity index is 1.74. The Morgan fingerprint density at radius 2 is 1.85 bits per heavy atom. The van der Waals surface area contributed by atoms with E-state index in [4.69, 9.17) is 10.5 Å². The molecule has 1 aromatic carbocycles. The third-order valence-electron chi connectivity index (χ3n) is 3.51. The predicted molar refractivity (Wildman–Crippen MR) is 79.7 cm³/mol. The van der Waals surface area contributed by atoms with Crippen LogP contribution >= 0.6 is 0 Å². The molecule has 0 atom stereocenters. The van der Waals surface area contributed by atoms with Gasteiger partial charge >= 0.3 is 0 Å². The van der Waals surface area contributed by atoms with E-state index in [0.717, 1.165) is 39.1 Å². The molecule has 0 aromatic heterocycles. The van der Waals surface area contributed by atoms with Crippen LogP contribution in [0.2, 0.25) is 0 Å². The number of anilines is 1. The summed E-state index contributed by atoms with van der Waals surface area (Å²) in [6, 6.07) is 7.09. The number of rotatable bonds is 5. The first-order valence-corrected chi connectivity index (χ1v) is 7.17. The lowest BCUT2D eigenvalue weighted by molar-refractivity contribution is -0.135. The lowest BCUT2D eigenvalue weighted by Crippen LogP contribution is -2.50. The summed E-state index contributed by atoms with van der Waals surface area (Å²) < 4.78 is 5.49. The standard InChI is InChI=1S/C15H23N3O2/c1-2-7-17-8-10-18(11-9-17)15(19)12-20-14-5-3-13(16)4-6-14/h3-6H,2,7-12,16H2,1H3. The molecule has 1 aromatic rings. The molecule has 0 unspecified atom stereocenters. The molecule has 0 bridgehead atoms. The zero-order chi connectivity index (χ0) is 14.4. The molecule has 1 heterocycles. The van der Waals surface area contributed by atoms with Gasteiger partial charge in [0.1, 0.15) is 5.75 Å². The maximum absolute atomic E-state index is 12.1. The Bertz CT molecular complexity index is 425. The number of nitrogens with two attached hydrogens (primary N) is 1. The first kappa shape index (κ1) is 14.7. The minimum atomic E-state index is 0.0537. The lowest BCUT2D eigenvalue weighted by Gasteiger charge is -2.34. The molecule has 0 spiro atoms. The van der Waals surface area contributed by atoms with E-state index >= 15 is 0 Å². The van der Waals surface area contributed by atoms with Gasteiger partial charge in [-0.3, -0.25) is 9.69 Å². The normalized spacial score (nSPS) is 16.1. The maximum atomic E-state index is 12.1. The largest absolute Gasteiger partial charge is 0.484 e. The fraction of sp³-hybridized carbons (Fsp3) is 0.533. The van der Waals surface area contributed by atoms with E-state index in [0.29, 0.717) is 11.4 Å². The molecule has 5 nitrogen and oxygen atoms in total. The van der Waals surface area contributed by atoms with Crippen LogP contribution in [0.4, 0.5) is 5.69 Å². The second-order valence-electron chi connectivity index (χ2n) is 5.08. The van der Waals surface area contributed by atoms with Gasteiger partial charge in [-0.1, -0.05) is 6.92 Å². The minimum Gasteiger partial charge on any atom is -0.484 e. The number of carbonyl (C=O) groups is 1. The number of benzene rings is 1. The van der Waals surface area contributed by atoms with E-state index in [1.165, 1.54) is 0 Å². The number of nitrogen functional groups attached to an aromatic ring is 1. The van der Waals surface area contributed by atoms with Crippen molar-refractivity contribution < 1.29 is 9.53 Å². The van der Waals surface area contributed by atoms with Crippen LogP contribution in [0.15, 0.2) is 24.3 Å². The maximum Gasteiger partial charge on any atom is 0.260 e. The molecule has 1 amide bonds. The van der Waals surface area contributed by atoms with Gasteiger partial charge in [0.05, 0.1) is 0 Å². The molecule has 1 aliphatic heterocycles. The van der Waals surface area contributed by atoms with Gasteiger partial charge in [0.15, 0.2) is 6.61 Å². The number of amides is 1. The second kappa shape index (κ2) is 7.14. The van der Waals surface area contributed by atoms with Crippen molar-refractivity contribution in [2.75, 3.05) is 45.1 Å². The van der Waals surface area contributed by atoms with E-state index in [2.05, 4.69) is 11.8 Å². The molecule has 1 saturated heterocycles. The van der Waals surface area contributed by atoms with Crippen LogP contribution in [0.5, 0.6) is 5.75 Å². The van der Waals surface area contributed by atoms with Crippen LogP contribution in [0.25, 0.3) is 0 Å². The second-order valence-corrected chi connectivity index (χ2v) is 5.08. The van der Waals surface area contributed by atoms with E-state index in [1.807, 2.05) is 4.90 Å². The van der Waals surface area contributed by atoms with Crippen LogP contribution in [-0.4, -0.2) is 55.0 Å². The van der Waals surface area contributed by atoms with E-state index in [1.54, 1.807) is 24.3 Å². The highest BCUT2D eigenvalue weighted by Gasteiger charge is 2.20. The van der Waals surface area contributed by atoms with Crippen molar-refractivity contribution in [3.8, 4) is 5.75 Å². The summed E-state index contributed by atoms with van der Waals surface area (Å²) in [5.41, 5.74) is 6.29. The molecule has 5 heteroatoms. The summed E-state index contributed by atoms with van der Waals surface area (Å²) in [5.74, 6) is 0.732. The third kappa shape index (κ3) is 4.13. The Labute approximate surface area is 120 Å². The van der Waals surface area contributed by atoms with Gasteiger partial charge in [0.25, 0.3) is 5.91 Å². The minimum absolute atomic E-state index is 0.0537. The van der Waals surface area contributed by atoms with E-state index < -0.39 is 0 Å². The fourth-order valence-electron chi connectivity index (χ4n) is 2.34. The average Bonchev–Trinajstić information content (AvgIpc) is 2.47. The first-order chi connectivity index (χ1) is 9.69. The van der Waals surface area contributed by atoms with Crippen LogP contribution in [0, 0.1) is 0 Å². The third-order valence-corrected chi connectivity index (χ3v) is 3.51. The highest BCUT2D eigenvalue weighted by molar-refractivity contribution is 5.77. The molecular formula is C15H23N3O2. The number of piperazine rings is 1. The van der Waals surface area contributed by atoms with Gasteiger partial charge in [-0.2, -0.15) is 0 Å².